The van der Waals surface area contributed by atoms with Gasteiger partial charge in [0, 0.05) is 46.5 Å². The van der Waals surface area contributed by atoms with E-state index >= 15 is 0 Å². The van der Waals surface area contributed by atoms with Gasteiger partial charge >= 0.3 is 5.97 Å². The van der Waals surface area contributed by atoms with Gasteiger partial charge in [0.05, 0.1) is 5.56 Å². The molecule has 4 rings (SSSR count). The van der Waals surface area contributed by atoms with Crippen LogP contribution in [0.3, 0.4) is 0 Å². The highest BCUT2D eigenvalue weighted by Crippen LogP contribution is 2.43. The lowest BCUT2D eigenvalue weighted by Crippen LogP contribution is -2.27. The van der Waals surface area contributed by atoms with E-state index in [2.05, 4.69) is 25.1 Å². The molecular weight excluding hydrogens is 402 g/mol. The lowest BCUT2D eigenvalue weighted by Gasteiger charge is -2.26. The van der Waals surface area contributed by atoms with Crippen molar-refractivity contribution in [3.8, 4) is 4.90 Å². The summed E-state index contributed by atoms with van der Waals surface area (Å²) in [5.74, 6) is -1.97. The van der Waals surface area contributed by atoms with Crippen LogP contribution in [0.1, 0.15) is 34.6 Å². The van der Waals surface area contributed by atoms with E-state index in [0.29, 0.717) is 5.56 Å². The van der Waals surface area contributed by atoms with E-state index < -0.39 is 23.2 Å². The van der Waals surface area contributed by atoms with Crippen molar-refractivity contribution in [2.24, 2.45) is 0 Å². The van der Waals surface area contributed by atoms with E-state index in [1.165, 1.54) is 21.0 Å². The lowest BCUT2D eigenvalue weighted by molar-refractivity contribution is -0.00453. The first-order valence-electron chi connectivity index (χ1n) is 9.57. The van der Waals surface area contributed by atoms with Crippen LogP contribution in [0, 0.1) is 18.6 Å². The van der Waals surface area contributed by atoms with Crippen LogP contribution in [0.15, 0.2) is 72.8 Å². The molecule has 152 valence electrons. The fourth-order valence-electron chi connectivity index (χ4n) is 3.62. The van der Waals surface area contributed by atoms with Gasteiger partial charge in [-0.15, -0.1) is 0 Å². The van der Waals surface area contributed by atoms with Crippen molar-refractivity contribution in [1.29, 1.82) is 0 Å². The Kier molecular flexibility index (Phi) is 5.16. The molecule has 4 aromatic rings. The third kappa shape index (κ3) is 3.73. The normalized spacial score (nSPS) is 12.2. The number of rotatable bonds is 4. The molecular formula is C25H21F2O2S+. The number of halogens is 2. The first kappa shape index (κ1) is 20.2. The van der Waals surface area contributed by atoms with Gasteiger partial charge in [0.25, 0.3) is 0 Å². The van der Waals surface area contributed by atoms with Crippen LogP contribution < -0.4 is 0 Å². The molecule has 0 amide bonds. The van der Waals surface area contributed by atoms with Gasteiger partial charge in [-0.2, -0.15) is 0 Å². The minimum atomic E-state index is -1.25. The summed E-state index contributed by atoms with van der Waals surface area (Å²) in [6, 6.07) is 21.0. The molecule has 1 unspecified atom stereocenters. The Morgan fingerprint density at radius 1 is 0.933 bits per heavy atom. The zero-order valence-corrected chi connectivity index (χ0v) is 17.7. The highest BCUT2D eigenvalue weighted by atomic mass is 32.2. The van der Waals surface area contributed by atoms with E-state index in [0.717, 1.165) is 17.0 Å². The van der Waals surface area contributed by atoms with Gasteiger partial charge < -0.3 is 4.74 Å². The van der Waals surface area contributed by atoms with Gasteiger partial charge in [-0.25, -0.2) is 13.6 Å². The van der Waals surface area contributed by atoms with Crippen LogP contribution in [0.25, 0.3) is 15.0 Å². The fourth-order valence-corrected chi connectivity index (χ4v) is 5.88. The van der Waals surface area contributed by atoms with Gasteiger partial charge in [-0.3, -0.25) is 0 Å². The third-order valence-corrected chi connectivity index (χ3v) is 7.35. The Morgan fingerprint density at radius 2 is 1.70 bits per heavy atom. The monoisotopic (exact) mass is 423 g/mol. The third-order valence-electron chi connectivity index (χ3n) is 5.05. The topological polar surface area (TPSA) is 26.3 Å². The summed E-state index contributed by atoms with van der Waals surface area (Å²) in [6.45, 7) is 5.27. The van der Waals surface area contributed by atoms with E-state index in [1.807, 2.05) is 30.3 Å². The molecule has 0 N–H and O–H groups in total. The van der Waals surface area contributed by atoms with Crippen LogP contribution in [0.2, 0.25) is 0 Å². The molecule has 5 heteroatoms. The number of hydrogen-bond donors (Lipinski definition) is 0. The maximum Gasteiger partial charge on any atom is 0.339 e. The number of ether oxygens (including phenoxy) is 1. The summed E-state index contributed by atoms with van der Waals surface area (Å²) in [6.07, 6.45) is 0. The Hall–Kier alpha value is -3.05. The number of fused-ring (bicyclic) bond motifs is 1. The fraction of sp³-hybridized carbons (Fsp3) is 0.160. The quantitative estimate of drug-likeness (QED) is 0.255. The number of benzene rings is 3. The molecule has 0 spiro atoms. The highest BCUT2D eigenvalue weighted by molar-refractivity contribution is 7.45. The minimum Gasteiger partial charge on any atom is -0.451 e. The van der Waals surface area contributed by atoms with Crippen molar-refractivity contribution >= 4 is 26.5 Å². The Balaban J connectivity index is 1.67. The predicted octanol–water partition coefficient (Wildman–Crippen LogP) is 7.26. The lowest BCUT2D eigenvalue weighted by atomic mass is 9.97. The van der Waals surface area contributed by atoms with E-state index in [4.69, 9.17) is 4.74 Å². The standard InChI is InChI=1S/C25H21F2O2S/c1-16-13-17-7-4-5-10-23(17)30(16)20-9-6-8-18(14-20)24(28)29-25(2,3)21-12-11-19(26)15-22(21)27/h4-15H,1-3H3/q+1. The number of carbonyl (C=O) groups excluding carboxylic acids is 1. The van der Waals surface area contributed by atoms with Crippen molar-refractivity contribution < 1.29 is 18.3 Å². The van der Waals surface area contributed by atoms with Crippen molar-refractivity contribution in [3.05, 3.63) is 100 Å². The molecule has 1 heterocycles. The number of thiophene rings is 1. The zero-order chi connectivity index (χ0) is 21.5. The number of esters is 1. The number of aryl methyl sites for hydroxylation is 1. The molecule has 30 heavy (non-hydrogen) atoms. The van der Waals surface area contributed by atoms with Crippen LogP contribution >= 0.6 is 10.5 Å². The van der Waals surface area contributed by atoms with Gasteiger partial charge in [0.1, 0.15) is 17.2 Å². The Bertz CT molecular complexity index is 1260. The molecule has 0 aliphatic rings. The van der Waals surface area contributed by atoms with Crippen LogP contribution in [-0.4, -0.2) is 5.97 Å². The summed E-state index contributed by atoms with van der Waals surface area (Å²) >= 11 is 0. The van der Waals surface area contributed by atoms with E-state index in [1.54, 1.807) is 19.9 Å². The summed E-state index contributed by atoms with van der Waals surface area (Å²) < 4.78 is 34.3. The molecule has 0 aliphatic heterocycles. The Labute approximate surface area is 176 Å². The molecule has 0 aliphatic carbocycles. The van der Waals surface area contributed by atoms with Crippen molar-refractivity contribution in [3.63, 3.8) is 0 Å². The highest BCUT2D eigenvalue weighted by Gasteiger charge is 2.30. The van der Waals surface area contributed by atoms with Crippen LogP contribution in [-0.2, 0) is 10.3 Å². The van der Waals surface area contributed by atoms with Crippen molar-refractivity contribution in [2.75, 3.05) is 0 Å². The van der Waals surface area contributed by atoms with Gasteiger partial charge in [0.2, 0.25) is 0 Å². The maximum absolute atomic E-state index is 14.2. The second-order valence-electron chi connectivity index (χ2n) is 7.65. The summed E-state index contributed by atoms with van der Waals surface area (Å²) in [5, 5.41) is 1.19. The SMILES string of the molecule is Cc1cc2ccccc2[s+]1-c1cccc(C(=O)OC(C)(C)c2ccc(F)cc2F)c1. The zero-order valence-electron chi connectivity index (χ0n) is 16.9. The Morgan fingerprint density at radius 3 is 2.47 bits per heavy atom. The van der Waals surface area contributed by atoms with E-state index in [9.17, 15) is 13.6 Å². The van der Waals surface area contributed by atoms with Crippen molar-refractivity contribution in [1.82, 2.24) is 0 Å². The van der Waals surface area contributed by atoms with Gasteiger partial charge in [-0.1, -0.05) is 18.2 Å². The molecule has 2 nitrogen and oxygen atoms in total. The molecule has 0 bridgehead atoms. The molecule has 1 atom stereocenters. The molecule has 3 aromatic carbocycles. The number of carbonyl (C=O) groups is 1. The summed E-state index contributed by atoms with van der Waals surface area (Å²) in [4.78, 5) is 15.1. The van der Waals surface area contributed by atoms with Gasteiger partial charge in [-0.05, 0) is 50.2 Å². The van der Waals surface area contributed by atoms with Crippen molar-refractivity contribution in [2.45, 2.75) is 26.4 Å². The van der Waals surface area contributed by atoms with Crippen LogP contribution in [0.4, 0.5) is 8.78 Å². The summed E-state index contributed by atoms with van der Waals surface area (Å²) in [5.41, 5.74) is -0.727. The largest absolute Gasteiger partial charge is 0.451 e. The van der Waals surface area contributed by atoms with E-state index in [-0.39, 0.29) is 16.0 Å². The molecule has 0 radical (unpaired) electrons. The predicted molar refractivity (Wildman–Crippen MR) is 117 cm³/mol. The van der Waals surface area contributed by atoms with Gasteiger partial charge in [0.15, 0.2) is 14.5 Å². The smallest absolute Gasteiger partial charge is 0.339 e. The summed E-state index contributed by atoms with van der Waals surface area (Å²) in [7, 11) is -0.251. The molecule has 0 saturated heterocycles. The second kappa shape index (κ2) is 7.65. The first-order chi connectivity index (χ1) is 14.3. The first-order valence-corrected chi connectivity index (χ1v) is 10.8. The average Bonchev–Trinajstić information content (AvgIpc) is 3.03. The van der Waals surface area contributed by atoms with Crippen LogP contribution in [0.5, 0.6) is 0 Å². The molecule has 1 aromatic heterocycles. The average molecular weight is 424 g/mol. The second-order valence-corrected chi connectivity index (χ2v) is 9.82. The number of hydrogen-bond acceptors (Lipinski definition) is 2. The molecule has 0 saturated carbocycles. The molecule has 0 fully saturated rings. The minimum absolute atomic E-state index is 0.124. The maximum atomic E-state index is 14.2.